The molecule has 3 aromatic rings. The van der Waals surface area contributed by atoms with Gasteiger partial charge in [-0.3, -0.25) is 9.69 Å². The van der Waals surface area contributed by atoms with Crippen LogP contribution in [0.1, 0.15) is 36.1 Å². The topological polar surface area (TPSA) is 73.4 Å². The van der Waals surface area contributed by atoms with Crippen molar-refractivity contribution in [1.29, 1.82) is 0 Å². The molecule has 4 rings (SSSR count). The van der Waals surface area contributed by atoms with Crippen molar-refractivity contribution in [2.75, 3.05) is 53.1 Å². The van der Waals surface area contributed by atoms with Crippen LogP contribution in [0.5, 0.6) is 23.0 Å². The highest BCUT2D eigenvalue weighted by Gasteiger charge is 2.25. The zero-order valence-electron chi connectivity index (χ0n) is 22.0. The Hall–Kier alpha value is -3.30. The molecule has 0 spiro atoms. The van der Waals surface area contributed by atoms with Crippen LogP contribution in [0, 0.1) is 0 Å². The fourth-order valence-corrected chi connectivity index (χ4v) is 5.12. The van der Waals surface area contributed by atoms with Crippen molar-refractivity contribution in [3.05, 3.63) is 52.3 Å². The Kier molecular flexibility index (Phi) is 9.24. The van der Waals surface area contributed by atoms with Gasteiger partial charge in [0.25, 0.3) is 5.91 Å². The third-order valence-electron chi connectivity index (χ3n) is 6.11. The second kappa shape index (κ2) is 12.8. The van der Waals surface area contributed by atoms with E-state index in [4.69, 9.17) is 23.9 Å². The van der Waals surface area contributed by atoms with E-state index in [2.05, 4.69) is 10.3 Å². The zero-order valence-corrected chi connectivity index (χ0v) is 22.8. The molecule has 1 aromatic heterocycles. The number of rotatable bonds is 11. The molecule has 2 heterocycles. The normalized spacial score (nSPS) is 13.9. The van der Waals surface area contributed by atoms with E-state index in [1.54, 1.807) is 30.6 Å². The van der Waals surface area contributed by atoms with Crippen LogP contribution in [0.2, 0.25) is 0 Å². The highest BCUT2D eigenvalue weighted by molar-refractivity contribution is 7.09. The predicted molar refractivity (Wildman–Crippen MR) is 145 cm³/mol. The van der Waals surface area contributed by atoms with E-state index in [-0.39, 0.29) is 5.91 Å². The third-order valence-corrected chi connectivity index (χ3v) is 6.95. The Bertz CT molecular complexity index is 1150. The molecule has 0 radical (unpaired) electrons. The lowest BCUT2D eigenvalue weighted by molar-refractivity contribution is 0.0627. The number of amides is 1. The van der Waals surface area contributed by atoms with E-state index in [0.717, 1.165) is 41.6 Å². The van der Waals surface area contributed by atoms with Crippen LogP contribution in [0.4, 0.5) is 0 Å². The van der Waals surface area contributed by atoms with Crippen LogP contribution < -0.4 is 18.9 Å². The summed E-state index contributed by atoms with van der Waals surface area (Å²) >= 11 is 1.67. The molecule has 37 heavy (non-hydrogen) atoms. The summed E-state index contributed by atoms with van der Waals surface area (Å²) in [5, 5.41) is 3.16. The van der Waals surface area contributed by atoms with Gasteiger partial charge >= 0.3 is 0 Å². The molecule has 0 N–H and O–H groups in total. The van der Waals surface area contributed by atoms with Crippen molar-refractivity contribution < 1.29 is 23.7 Å². The summed E-state index contributed by atoms with van der Waals surface area (Å²) < 4.78 is 22.6. The molecule has 1 aliphatic rings. The van der Waals surface area contributed by atoms with Crippen LogP contribution in [0.15, 0.2) is 41.8 Å². The summed E-state index contributed by atoms with van der Waals surface area (Å²) in [6, 6.07) is 11.5. The van der Waals surface area contributed by atoms with Crippen molar-refractivity contribution in [1.82, 2.24) is 14.8 Å². The van der Waals surface area contributed by atoms with Gasteiger partial charge in [-0.1, -0.05) is 0 Å². The average Bonchev–Trinajstić information content (AvgIpc) is 3.39. The largest absolute Gasteiger partial charge is 0.497 e. The summed E-state index contributed by atoms with van der Waals surface area (Å²) in [4.78, 5) is 22.4. The fraction of sp³-hybridized carbons (Fsp3) is 0.429. The summed E-state index contributed by atoms with van der Waals surface area (Å²) in [7, 11) is 1.66. The van der Waals surface area contributed by atoms with Gasteiger partial charge in [-0.15, -0.1) is 11.3 Å². The number of hydrogen-bond donors (Lipinski definition) is 0. The molecule has 1 saturated heterocycles. The first-order chi connectivity index (χ1) is 18.1. The van der Waals surface area contributed by atoms with E-state index >= 15 is 0 Å². The minimum Gasteiger partial charge on any atom is -0.497 e. The molecule has 9 heteroatoms. The van der Waals surface area contributed by atoms with Crippen LogP contribution in [-0.4, -0.2) is 73.8 Å². The van der Waals surface area contributed by atoms with E-state index < -0.39 is 0 Å². The number of benzene rings is 2. The molecule has 8 nitrogen and oxygen atoms in total. The fourth-order valence-electron chi connectivity index (χ4n) is 4.27. The number of methoxy groups -OCH3 is 1. The Balaban J connectivity index is 1.38. The van der Waals surface area contributed by atoms with E-state index in [9.17, 15) is 4.79 Å². The molecule has 198 valence electrons. The molecule has 0 unspecified atom stereocenters. The Labute approximate surface area is 222 Å². The lowest BCUT2D eigenvalue weighted by Crippen LogP contribution is -2.48. The highest BCUT2D eigenvalue weighted by Crippen LogP contribution is 2.39. The number of carbonyl (C=O) groups is 1. The van der Waals surface area contributed by atoms with E-state index in [0.29, 0.717) is 55.7 Å². The number of carbonyl (C=O) groups excluding carboxylic acids is 1. The van der Waals surface area contributed by atoms with Gasteiger partial charge in [-0.25, -0.2) is 4.98 Å². The molecule has 1 amide bonds. The van der Waals surface area contributed by atoms with Crippen molar-refractivity contribution >= 4 is 17.2 Å². The molecule has 0 atom stereocenters. The van der Waals surface area contributed by atoms with Crippen LogP contribution >= 0.6 is 11.3 Å². The van der Waals surface area contributed by atoms with E-state index in [1.165, 1.54) is 0 Å². The molecule has 0 bridgehead atoms. The maximum Gasteiger partial charge on any atom is 0.254 e. The quantitative estimate of drug-likeness (QED) is 0.350. The van der Waals surface area contributed by atoms with Crippen LogP contribution in [-0.2, 0) is 6.54 Å². The molecule has 0 saturated carbocycles. The SMILES string of the molecule is CCOc1cc(C(=O)N2CCN(Cc3nc(-c4ccc(OC)cc4)cs3)CC2)cc(OCC)c1OCC. The predicted octanol–water partition coefficient (Wildman–Crippen LogP) is 4.97. The van der Waals surface area contributed by atoms with Gasteiger partial charge in [0.15, 0.2) is 11.5 Å². The first kappa shape index (κ1) is 26.8. The smallest absolute Gasteiger partial charge is 0.254 e. The number of hydrogen-bond acceptors (Lipinski definition) is 8. The molecule has 2 aromatic carbocycles. The maximum absolute atomic E-state index is 13.4. The van der Waals surface area contributed by atoms with Gasteiger partial charge in [0.1, 0.15) is 10.8 Å². The van der Waals surface area contributed by atoms with E-state index in [1.807, 2.05) is 49.9 Å². The highest BCUT2D eigenvalue weighted by atomic mass is 32.1. The Morgan fingerprint density at radius 3 is 2.11 bits per heavy atom. The minimum atomic E-state index is -0.0272. The number of nitrogens with zero attached hydrogens (tertiary/aromatic N) is 3. The van der Waals surface area contributed by atoms with Crippen molar-refractivity contribution in [2.45, 2.75) is 27.3 Å². The van der Waals surface area contributed by atoms with Gasteiger partial charge in [0, 0.05) is 42.7 Å². The second-order valence-electron chi connectivity index (χ2n) is 8.52. The van der Waals surface area contributed by atoms with Crippen molar-refractivity contribution in [3.8, 4) is 34.3 Å². The molecular formula is C28H35N3O5S. The minimum absolute atomic E-state index is 0.0272. The molecule has 1 aliphatic heterocycles. The molecular weight excluding hydrogens is 490 g/mol. The third kappa shape index (κ3) is 6.53. The summed E-state index contributed by atoms with van der Waals surface area (Å²) in [6.45, 7) is 10.8. The first-order valence-corrected chi connectivity index (χ1v) is 13.6. The summed E-state index contributed by atoms with van der Waals surface area (Å²) in [5.41, 5.74) is 2.60. The number of piperazine rings is 1. The van der Waals surface area contributed by atoms with Gasteiger partial charge < -0.3 is 23.8 Å². The maximum atomic E-state index is 13.4. The number of thiazole rings is 1. The Morgan fingerprint density at radius 1 is 0.919 bits per heavy atom. The molecule has 1 fully saturated rings. The van der Waals surface area contributed by atoms with Gasteiger partial charge in [0.2, 0.25) is 5.75 Å². The van der Waals surface area contributed by atoms with Crippen LogP contribution in [0.3, 0.4) is 0 Å². The monoisotopic (exact) mass is 525 g/mol. The summed E-state index contributed by atoms with van der Waals surface area (Å²) in [6.07, 6.45) is 0. The first-order valence-electron chi connectivity index (χ1n) is 12.7. The number of ether oxygens (including phenoxy) is 4. The van der Waals surface area contributed by atoms with Gasteiger partial charge in [0.05, 0.1) is 39.2 Å². The van der Waals surface area contributed by atoms with Gasteiger partial charge in [-0.05, 0) is 57.2 Å². The lowest BCUT2D eigenvalue weighted by atomic mass is 10.1. The van der Waals surface area contributed by atoms with Crippen molar-refractivity contribution in [3.63, 3.8) is 0 Å². The Morgan fingerprint density at radius 2 is 1.54 bits per heavy atom. The van der Waals surface area contributed by atoms with Crippen LogP contribution in [0.25, 0.3) is 11.3 Å². The second-order valence-corrected chi connectivity index (χ2v) is 9.47. The van der Waals surface area contributed by atoms with Gasteiger partial charge in [-0.2, -0.15) is 0 Å². The average molecular weight is 526 g/mol. The number of aromatic nitrogens is 1. The summed E-state index contributed by atoms with van der Waals surface area (Å²) in [5.74, 6) is 2.42. The zero-order chi connectivity index (χ0) is 26.2. The standard InChI is InChI=1S/C28H35N3O5S/c1-5-34-24-16-21(17-25(35-6-2)27(24)36-7-3)28(32)31-14-12-30(13-15-31)18-26-29-23(19-37-26)20-8-10-22(33-4)11-9-20/h8-11,16-17,19H,5-7,12-15,18H2,1-4H3. The van der Waals surface area contributed by atoms with Crippen molar-refractivity contribution in [2.24, 2.45) is 0 Å². The molecule has 0 aliphatic carbocycles. The lowest BCUT2D eigenvalue weighted by Gasteiger charge is -2.34.